The van der Waals surface area contributed by atoms with Crippen molar-refractivity contribution >= 4 is 5.91 Å². The summed E-state index contributed by atoms with van der Waals surface area (Å²) < 4.78 is 0. The molecule has 3 nitrogen and oxygen atoms in total. The van der Waals surface area contributed by atoms with Gasteiger partial charge in [0.05, 0.1) is 6.54 Å². The molecule has 0 atom stereocenters. The van der Waals surface area contributed by atoms with E-state index in [2.05, 4.69) is 41.4 Å². The second-order valence-electron chi connectivity index (χ2n) is 6.12. The van der Waals surface area contributed by atoms with E-state index in [1.54, 1.807) is 0 Å². The zero-order valence-electron chi connectivity index (χ0n) is 13.2. The molecule has 1 aliphatic carbocycles. The summed E-state index contributed by atoms with van der Waals surface area (Å²) in [6, 6.07) is 10.4. The SMILES string of the molecule is CCCN(CC(=O)NCCCc1ccccc1)CC1CC1. The molecule has 2 rings (SSSR count). The summed E-state index contributed by atoms with van der Waals surface area (Å²) in [6.07, 6.45) is 5.85. The Kier molecular flexibility index (Phi) is 6.74. The number of carbonyl (C=O) groups is 1. The molecular weight excluding hydrogens is 260 g/mol. The van der Waals surface area contributed by atoms with Crippen LogP contribution >= 0.6 is 0 Å². The van der Waals surface area contributed by atoms with Crippen LogP contribution in [0.4, 0.5) is 0 Å². The van der Waals surface area contributed by atoms with Gasteiger partial charge in [0.15, 0.2) is 0 Å². The molecule has 0 unspecified atom stereocenters. The summed E-state index contributed by atoms with van der Waals surface area (Å²) in [4.78, 5) is 14.3. The predicted octanol–water partition coefficient (Wildman–Crippen LogP) is 2.86. The van der Waals surface area contributed by atoms with Gasteiger partial charge in [0, 0.05) is 13.1 Å². The Bertz CT molecular complexity index is 414. The lowest BCUT2D eigenvalue weighted by Crippen LogP contribution is -2.39. The summed E-state index contributed by atoms with van der Waals surface area (Å²) in [5, 5.41) is 3.05. The number of hydrogen-bond donors (Lipinski definition) is 1. The normalized spacial score (nSPS) is 14.4. The molecule has 1 aromatic carbocycles. The van der Waals surface area contributed by atoms with E-state index in [-0.39, 0.29) is 5.91 Å². The standard InChI is InChI=1S/C18H28N2O/c1-2-13-20(14-17-10-11-17)15-18(21)19-12-6-9-16-7-4-3-5-8-16/h3-5,7-8,17H,2,6,9-15H2,1H3,(H,19,21). The molecule has 1 N–H and O–H groups in total. The molecule has 3 heteroatoms. The van der Waals surface area contributed by atoms with Crippen molar-refractivity contribution in [3.63, 3.8) is 0 Å². The maximum absolute atomic E-state index is 12.0. The molecule has 116 valence electrons. The molecule has 1 aromatic rings. The third kappa shape index (κ3) is 6.76. The number of rotatable bonds is 10. The smallest absolute Gasteiger partial charge is 0.234 e. The van der Waals surface area contributed by atoms with Crippen LogP contribution in [0.25, 0.3) is 0 Å². The van der Waals surface area contributed by atoms with Crippen molar-refractivity contribution in [1.82, 2.24) is 10.2 Å². The van der Waals surface area contributed by atoms with Crippen LogP contribution in [0.5, 0.6) is 0 Å². The van der Waals surface area contributed by atoms with E-state index in [4.69, 9.17) is 0 Å². The summed E-state index contributed by atoms with van der Waals surface area (Å²) in [7, 11) is 0. The van der Waals surface area contributed by atoms with Gasteiger partial charge in [-0.05, 0) is 50.1 Å². The fourth-order valence-corrected chi connectivity index (χ4v) is 2.64. The Balaban J connectivity index is 1.59. The van der Waals surface area contributed by atoms with E-state index < -0.39 is 0 Å². The highest BCUT2D eigenvalue weighted by molar-refractivity contribution is 5.77. The van der Waals surface area contributed by atoms with Gasteiger partial charge in [-0.15, -0.1) is 0 Å². The van der Waals surface area contributed by atoms with Gasteiger partial charge in [-0.25, -0.2) is 0 Å². The fraction of sp³-hybridized carbons (Fsp3) is 0.611. The molecule has 0 saturated heterocycles. The molecule has 1 aliphatic rings. The molecule has 0 spiro atoms. The van der Waals surface area contributed by atoms with Crippen LogP contribution in [0, 0.1) is 5.92 Å². The first-order valence-electron chi connectivity index (χ1n) is 8.31. The van der Waals surface area contributed by atoms with Gasteiger partial charge in [0.25, 0.3) is 0 Å². The molecule has 1 fully saturated rings. The summed E-state index contributed by atoms with van der Waals surface area (Å²) in [5.41, 5.74) is 1.34. The number of benzene rings is 1. The summed E-state index contributed by atoms with van der Waals surface area (Å²) >= 11 is 0. The highest BCUT2D eigenvalue weighted by Gasteiger charge is 2.24. The lowest BCUT2D eigenvalue weighted by atomic mass is 10.1. The quantitative estimate of drug-likeness (QED) is 0.671. The van der Waals surface area contributed by atoms with Gasteiger partial charge in [-0.3, -0.25) is 9.69 Å². The van der Waals surface area contributed by atoms with Gasteiger partial charge < -0.3 is 5.32 Å². The van der Waals surface area contributed by atoms with E-state index in [9.17, 15) is 4.79 Å². The first-order valence-corrected chi connectivity index (χ1v) is 8.31. The zero-order valence-corrected chi connectivity index (χ0v) is 13.2. The van der Waals surface area contributed by atoms with Crippen LogP contribution < -0.4 is 5.32 Å². The zero-order chi connectivity index (χ0) is 14.9. The second kappa shape index (κ2) is 8.83. The Morgan fingerprint density at radius 3 is 2.71 bits per heavy atom. The predicted molar refractivity (Wildman–Crippen MR) is 87.2 cm³/mol. The van der Waals surface area contributed by atoms with Crippen molar-refractivity contribution in [2.24, 2.45) is 5.92 Å². The highest BCUT2D eigenvalue weighted by Crippen LogP contribution is 2.29. The average molecular weight is 288 g/mol. The van der Waals surface area contributed by atoms with Gasteiger partial charge in [0.1, 0.15) is 0 Å². The Morgan fingerprint density at radius 2 is 2.05 bits per heavy atom. The average Bonchev–Trinajstić information content (AvgIpc) is 3.29. The Morgan fingerprint density at radius 1 is 1.29 bits per heavy atom. The lowest BCUT2D eigenvalue weighted by Gasteiger charge is -2.20. The maximum atomic E-state index is 12.0. The van der Waals surface area contributed by atoms with Crippen molar-refractivity contribution in [3.05, 3.63) is 35.9 Å². The molecule has 21 heavy (non-hydrogen) atoms. The minimum atomic E-state index is 0.178. The topological polar surface area (TPSA) is 32.3 Å². The van der Waals surface area contributed by atoms with Gasteiger partial charge in [-0.1, -0.05) is 37.3 Å². The lowest BCUT2D eigenvalue weighted by molar-refractivity contribution is -0.122. The van der Waals surface area contributed by atoms with Gasteiger partial charge in [-0.2, -0.15) is 0 Å². The van der Waals surface area contributed by atoms with Crippen LogP contribution in [0.2, 0.25) is 0 Å². The number of nitrogens with zero attached hydrogens (tertiary/aromatic N) is 1. The molecule has 1 amide bonds. The number of hydrogen-bond acceptors (Lipinski definition) is 2. The van der Waals surface area contributed by atoms with E-state index >= 15 is 0 Å². The van der Waals surface area contributed by atoms with Crippen molar-refractivity contribution in [3.8, 4) is 0 Å². The number of amides is 1. The molecule has 1 saturated carbocycles. The molecular formula is C18H28N2O. The second-order valence-corrected chi connectivity index (χ2v) is 6.12. The van der Waals surface area contributed by atoms with Crippen molar-refractivity contribution in [1.29, 1.82) is 0 Å². The summed E-state index contributed by atoms with van der Waals surface area (Å²) in [6.45, 7) is 5.66. The molecule has 0 bridgehead atoms. The van der Waals surface area contributed by atoms with Crippen LogP contribution in [-0.4, -0.2) is 37.0 Å². The van der Waals surface area contributed by atoms with Crippen molar-refractivity contribution in [2.75, 3.05) is 26.2 Å². The maximum Gasteiger partial charge on any atom is 0.234 e. The van der Waals surface area contributed by atoms with Crippen LogP contribution in [-0.2, 0) is 11.2 Å². The Labute approximate surface area is 128 Å². The monoisotopic (exact) mass is 288 g/mol. The van der Waals surface area contributed by atoms with Gasteiger partial charge >= 0.3 is 0 Å². The first kappa shape index (κ1) is 16.0. The minimum absolute atomic E-state index is 0.178. The van der Waals surface area contributed by atoms with Crippen molar-refractivity contribution < 1.29 is 4.79 Å². The van der Waals surface area contributed by atoms with Gasteiger partial charge in [0.2, 0.25) is 5.91 Å². The van der Waals surface area contributed by atoms with Crippen LogP contribution in [0.1, 0.15) is 38.2 Å². The summed E-state index contributed by atoms with van der Waals surface area (Å²) in [5.74, 6) is 1.03. The minimum Gasteiger partial charge on any atom is -0.355 e. The largest absolute Gasteiger partial charge is 0.355 e. The number of nitrogens with one attached hydrogen (secondary N) is 1. The molecule has 0 aliphatic heterocycles. The van der Waals surface area contributed by atoms with Crippen LogP contribution in [0.15, 0.2) is 30.3 Å². The fourth-order valence-electron chi connectivity index (χ4n) is 2.64. The third-order valence-corrected chi connectivity index (χ3v) is 3.93. The molecule has 0 heterocycles. The van der Waals surface area contributed by atoms with E-state index in [0.29, 0.717) is 6.54 Å². The molecule has 0 radical (unpaired) electrons. The Hall–Kier alpha value is -1.35. The third-order valence-electron chi connectivity index (χ3n) is 3.93. The number of aryl methyl sites for hydroxylation is 1. The van der Waals surface area contributed by atoms with E-state index in [0.717, 1.165) is 44.8 Å². The first-order chi connectivity index (χ1) is 10.3. The molecule has 0 aromatic heterocycles. The van der Waals surface area contributed by atoms with Crippen molar-refractivity contribution in [2.45, 2.75) is 39.0 Å². The van der Waals surface area contributed by atoms with Crippen LogP contribution in [0.3, 0.4) is 0 Å². The highest BCUT2D eigenvalue weighted by atomic mass is 16.2. The number of carbonyl (C=O) groups excluding carboxylic acids is 1. The van der Waals surface area contributed by atoms with E-state index in [1.165, 1.54) is 18.4 Å². The van der Waals surface area contributed by atoms with E-state index in [1.807, 2.05) is 6.07 Å².